The van der Waals surface area contributed by atoms with E-state index >= 15 is 0 Å². The summed E-state index contributed by atoms with van der Waals surface area (Å²) in [6, 6.07) is 6.69. The summed E-state index contributed by atoms with van der Waals surface area (Å²) in [5.41, 5.74) is 3.61. The quantitative estimate of drug-likeness (QED) is 0.750. The van der Waals surface area contributed by atoms with E-state index in [0.29, 0.717) is 19.0 Å². The lowest BCUT2D eigenvalue weighted by atomic mass is 10.1. The Morgan fingerprint density at radius 1 is 1.33 bits per heavy atom. The summed E-state index contributed by atoms with van der Waals surface area (Å²) >= 11 is 3.56. The van der Waals surface area contributed by atoms with Crippen LogP contribution in [0.5, 0.6) is 0 Å². The van der Waals surface area contributed by atoms with Crippen LogP contribution in [0.1, 0.15) is 37.6 Å². The minimum absolute atomic E-state index is 0.386. The van der Waals surface area contributed by atoms with Gasteiger partial charge in [-0.3, -0.25) is 0 Å². The molecule has 5 nitrogen and oxygen atoms in total. The van der Waals surface area contributed by atoms with E-state index in [1.165, 1.54) is 40.6 Å². The molecule has 0 amide bonds. The predicted octanol–water partition coefficient (Wildman–Crippen LogP) is 3.62. The lowest BCUT2D eigenvalue weighted by Gasteiger charge is -2.16. The van der Waals surface area contributed by atoms with Crippen LogP contribution in [0.25, 0.3) is 10.9 Å². The second kappa shape index (κ2) is 7.56. The minimum atomic E-state index is -3.39. The standard InChI is InChI=1S/C17H26BrN3O2S/c1-6-12(2)21-13(3)15(9-10-19-24(22,23)20(4)5)16-8-7-14(18)11-17(16)21/h7-8,11-12,19H,6,9-10H2,1-5H3. The van der Waals surface area contributed by atoms with Crippen LogP contribution in [0, 0.1) is 6.92 Å². The van der Waals surface area contributed by atoms with Crippen molar-refractivity contribution in [3.8, 4) is 0 Å². The number of aromatic nitrogens is 1. The van der Waals surface area contributed by atoms with Crippen molar-refractivity contribution in [2.75, 3.05) is 20.6 Å². The van der Waals surface area contributed by atoms with Gasteiger partial charge in [0.2, 0.25) is 0 Å². The largest absolute Gasteiger partial charge is 0.342 e. The van der Waals surface area contributed by atoms with Crippen LogP contribution in [-0.2, 0) is 16.6 Å². The monoisotopic (exact) mass is 415 g/mol. The molecule has 0 aliphatic heterocycles. The van der Waals surface area contributed by atoms with Gasteiger partial charge >= 0.3 is 0 Å². The van der Waals surface area contributed by atoms with Gasteiger partial charge < -0.3 is 4.57 Å². The molecule has 0 saturated carbocycles. The van der Waals surface area contributed by atoms with Crippen LogP contribution in [0.15, 0.2) is 22.7 Å². The maximum absolute atomic E-state index is 11.9. The van der Waals surface area contributed by atoms with Gasteiger partial charge in [0.25, 0.3) is 10.2 Å². The molecule has 1 atom stereocenters. The molecule has 24 heavy (non-hydrogen) atoms. The van der Waals surface area contributed by atoms with Crippen LogP contribution in [0.4, 0.5) is 0 Å². The fourth-order valence-corrected chi connectivity index (χ4v) is 3.95. The van der Waals surface area contributed by atoms with E-state index in [1.807, 2.05) is 6.07 Å². The Kier molecular flexibility index (Phi) is 6.12. The molecule has 1 unspecified atom stereocenters. The van der Waals surface area contributed by atoms with Crippen molar-refractivity contribution in [1.82, 2.24) is 13.6 Å². The topological polar surface area (TPSA) is 54.3 Å². The van der Waals surface area contributed by atoms with Crippen LogP contribution < -0.4 is 4.72 Å². The van der Waals surface area contributed by atoms with E-state index in [4.69, 9.17) is 0 Å². The first-order valence-corrected chi connectivity index (χ1v) is 10.4. The smallest absolute Gasteiger partial charge is 0.278 e. The van der Waals surface area contributed by atoms with E-state index < -0.39 is 10.2 Å². The lowest BCUT2D eigenvalue weighted by Crippen LogP contribution is -2.36. The van der Waals surface area contributed by atoms with Crippen molar-refractivity contribution in [2.45, 2.75) is 39.7 Å². The first-order chi connectivity index (χ1) is 11.2. The number of rotatable bonds is 7. The molecule has 1 heterocycles. The molecule has 0 radical (unpaired) electrons. The molecule has 1 N–H and O–H groups in total. The first-order valence-electron chi connectivity index (χ1n) is 8.15. The highest BCUT2D eigenvalue weighted by molar-refractivity contribution is 9.10. The van der Waals surface area contributed by atoms with E-state index in [9.17, 15) is 8.42 Å². The Labute approximate surface area is 153 Å². The van der Waals surface area contributed by atoms with Gasteiger partial charge in [-0.25, -0.2) is 4.72 Å². The molecule has 1 aromatic heterocycles. The van der Waals surface area contributed by atoms with Crippen molar-refractivity contribution >= 4 is 37.0 Å². The number of hydrogen-bond acceptors (Lipinski definition) is 2. The van der Waals surface area contributed by atoms with Crippen LogP contribution in [-0.4, -0.2) is 37.9 Å². The zero-order valence-corrected chi connectivity index (χ0v) is 17.3. The maximum atomic E-state index is 11.9. The summed E-state index contributed by atoms with van der Waals surface area (Å²) in [7, 11) is -0.331. The van der Waals surface area contributed by atoms with Gasteiger partial charge in [0, 0.05) is 47.8 Å². The fraction of sp³-hybridized carbons (Fsp3) is 0.529. The van der Waals surface area contributed by atoms with Gasteiger partial charge in [-0.15, -0.1) is 0 Å². The number of halogens is 1. The Morgan fingerprint density at radius 3 is 2.58 bits per heavy atom. The van der Waals surface area contributed by atoms with E-state index in [0.717, 1.165) is 10.9 Å². The molecular formula is C17H26BrN3O2S. The Morgan fingerprint density at radius 2 is 2.00 bits per heavy atom. The molecule has 1 aromatic carbocycles. The van der Waals surface area contributed by atoms with Crippen molar-refractivity contribution in [1.29, 1.82) is 0 Å². The van der Waals surface area contributed by atoms with Gasteiger partial charge in [0.15, 0.2) is 0 Å². The van der Waals surface area contributed by atoms with Crippen molar-refractivity contribution in [3.63, 3.8) is 0 Å². The lowest BCUT2D eigenvalue weighted by molar-refractivity contribution is 0.505. The Hall–Kier alpha value is -0.890. The van der Waals surface area contributed by atoms with Crippen LogP contribution in [0.2, 0.25) is 0 Å². The zero-order chi connectivity index (χ0) is 18.1. The van der Waals surface area contributed by atoms with Crippen molar-refractivity contribution < 1.29 is 8.42 Å². The van der Waals surface area contributed by atoms with E-state index in [-0.39, 0.29) is 0 Å². The fourth-order valence-electron chi connectivity index (χ4n) is 2.98. The molecule has 0 spiro atoms. The Bertz CT molecular complexity index is 828. The van der Waals surface area contributed by atoms with Gasteiger partial charge in [-0.2, -0.15) is 12.7 Å². The third-order valence-electron chi connectivity index (χ3n) is 4.51. The summed E-state index contributed by atoms with van der Waals surface area (Å²) < 4.78 is 31.0. The van der Waals surface area contributed by atoms with Gasteiger partial charge in [0.1, 0.15) is 0 Å². The van der Waals surface area contributed by atoms with Crippen LogP contribution in [0.3, 0.4) is 0 Å². The average molecular weight is 416 g/mol. The summed E-state index contributed by atoms with van der Waals surface area (Å²) in [6.45, 7) is 6.90. The highest BCUT2D eigenvalue weighted by Gasteiger charge is 2.18. The SMILES string of the molecule is CCC(C)n1c(C)c(CCNS(=O)(=O)N(C)C)c2ccc(Br)cc21. The predicted molar refractivity (Wildman–Crippen MR) is 104 cm³/mol. The molecule has 0 fully saturated rings. The summed E-state index contributed by atoms with van der Waals surface area (Å²) in [5.74, 6) is 0. The summed E-state index contributed by atoms with van der Waals surface area (Å²) in [5, 5.41) is 1.19. The number of nitrogens with one attached hydrogen (secondary N) is 1. The third-order valence-corrected chi connectivity index (χ3v) is 6.54. The molecule has 134 valence electrons. The first kappa shape index (κ1) is 19.4. The second-order valence-corrected chi connectivity index (χ2v) is 9.17. The second-order valence-electron chi connectivity index (χ2n) is 6.28. The van der Waals surface area contributed by atoms with E-state index in [2.05, 4.69) is 58.1 Å². The normalized spacial score (nSPS) is 13.8. The molecule has 7 heteroatoms. The molecule has 2 aromatic rings. The highest BCUT2D eigenvalue weighted by Crippen LogP contribution is 2.32. The number of hydrogen-bond donors (Lipinski definition) is 1. The summed E-state index contributed by atoms with van der Waals surface area (Å²) in [4.78, 5) is 0. The highest BCUT2D eigenvalue weighted by atomic mass is 79.9. The minimum Gasteiger partial charge on any atom is -0.342 e. The van der Waals surface area contributed by atoms with Crippen LogP contribution >= 0.6 is 15.9 Å². The molecule has 2 rings (SSSR count). The van der Waals surface area contributed by atoms with Gasteiger partial charge in [0.05, 0.1) is 0 Å². The molecule has 0 aliphatic rings. The number of benzene rings is 1. The number of fused-ring (bicyclic) bond motifs is 1. The Balaban J connectivity index is 2.38. The molecule has 0 aliphatic carbocycles. The molecule has 0 bridgehead atoms. The average Bonchev–Trinajstić information content (AvgIpc) is 2.78. The molecular weight excluding hydrogens is 390 g/mol. The van der Waals surface area contributed by atoms with Crippen molar-refractivity contribution in [3.05, 3.63) is 33.9 Å². The zero-order valence-electron chi connectivity index (χ0n) is 14.9. The molecule has 0 saturated heterocycles. The summed E-state index contributed by atoms with van der Waals surface area (Å²) in [6.07, 6.45) is 1.71. The maximum Gasteiger partial charge on any atom is 0.278 e. The van der Waals surface area contributed by atoms with Gasteiger partial charge in [-0.05, 0) is 44.4 Å². The van der Waals surface area contributed by atoms with Gasteiger partial charge in [-0.1, -0.05) is 28.9 Å². The number of nitrogens with zero attached hydrogens (tertiary/aromatic N) is 2. The van der Waals surface area contributed by atoms with Crippen molar-refractivity contribution in [2.24, 2.45) is 0 Å². The third kappa shape index (κ3) is 3.85. The van der Waals surface area contributed by atoms with E-state index in [1.54, 1.807) is 0 Å².